The van der Waals surface area contributed by atoms with Crippen LogP contribution in [0, 0.1) is 5.41 Å². The lowest BCUT2D eigenvalue weighted by Gasteiger charge is -2.61. The fourth-order valence-electron chi connectivity index (χ4n) is 6.54. The number of rotatable bonds is 5. The van der Waals surface area contributed by atoms with Crippen LogP contribution >= 0.6 is 0 Å². The molecular weight excluding hydrogens is 422 g/mol. The number of hydrogen-bond acceptors (Lipinski definition) is 7. The zero-order chi connectivity index (χ0) is 23.8. The summed E-state index contributed by atoms with van der Waals surface area (Å²) in [6.07, 6.45) is 2.67. The second kappa shape index (κ2) is 7.35. The maximum absolute atomic E-state index is 13.0. The maximum Gasteiger partial charge on any atom is 0.414 e. The molecule has 1 aromatic carbocycles. The molecule has 1 fully saturated rings. The zero-order valence-electron chi connectivity index (χ0n) is 20.2. The molecule has 0 unspecified atom stereocenters. The van der Waals surface area contributed by atoms with Gasteiger partial charge < -0.3 is 34.9 Å². The van der Waals surface area contributed by atoms with Crippen molar-refractivity contribution in [1.29, 1.82) is 0 Å². The number of hydrogen-bond donors (Lipinski definition) is 2. The number of methoxy groups -OCH3 is 1. The van der Waals surface area contributed by atoms with Crippen molar-refractivity contribution in [3.8, 4) is 11.5 Å². The summed E-state index contributed by atoms with van der Waals surface area (Å²) in [5.74, 6) is 1.78. The van der Waals surface area contributed by atoms with E-state index in [1.807, 2.05) is 26.0 Å². The number of nitrogens with zero attached hydrogens (tertiary/aromatic N) is 2. The van der Waals surface area contributed by atoms with Gasteiger partial charge in [0.15, 0.2) is 17.6 Å². The molecular formula is C25H35N3O5. The van der Waals surface area contributed by atoms with Crippen molar-refractivity contribution in [1.82, 2.24) is 9.80 Å². The van der Waals surface area contributed by atoms with E-state index in [4.69, 9.17) is 19.9 Å². The van der Waals surface area contributed by atoms with E-state index in [-0.39, 0.29) is 11.5 Å². The SMILES string of the molecule is COc1ccc2c3c1O[C@H]1C(OC(=O)N(C)CC(C)(C)CN)=CC[C@@]4(O)[C@@H](C2)N(C)CC[C@]314. The average molecular weight is 458 g/mol. The third kappa shape index (κ3) is 2.97. The van der Waals surface area contributed by atoms with Gasteiger partial charge in [0.05, 0.1) is 18.1 Å². The van der Waals surface area contributed by atoms with Crippen molar-refractivity contribution in [3.05, 3.63) is 35.1 Å². The van der Waals surface area contributed by atoms with Crippen LogP contribution < -0.4 is 15.2 Å². The monoisotopic (exact) mass is 457 g/mol. The smallest absolute Gasteiger partial charge is 0.414 e. The molecule has 8 nitrogen and oxygen atoms in total. The fourth-order valence-corrected chi connectivity index (χ4v) is 6.54. The van der Waals surface area contributed by atoms with Gasteiger partial charge in [-0.25, -0.2) is 4.79 Å². The number of nitrogens with two attached hydrogens (primary N) is 1. The number of piperidine rings is 1. The van der Waals surface area contributed by atoms with Crippen LogP contribution in [0.25, 0.3) is 0 Å². The summed E-state index contributed by atoms with van der Waals surface area (Å²) >= 11 is 0. The van der Waals surface area contributed by atoms with Crippen molar-refractivity contribution >= 4 is 6.09 Å². The average Bonchev–Trinajstić information content (AvgIpc) is 3.13. The standard InChI is InChI=1S/C25H35N3O5/c1-23(2,13-26)14-28(4)22(29)32-17-8-9-25(30)18-12-15-6-7-16(31-5)20-19(15)24(25,21(17)33-20)10-11-27(18)3/h6-8,18,21,30H,9-14,26H2,1-5H3/t18-,21+,24+,25-/m1/s1. The summed E-state index contributed by atoms with van der Waals surface area (Å²) in [4.78, 5) is 16.8. The first-order chi connectivity index (χ1) is 15.6. The molecule has 8 heteroatoms. The molecule has 0 aromatic heterocycles. The number of carbonyl (C=O) groups excluding carboxylic acids is 1. The predicted molar refractivity (Wildman–Crippen MR) is 123 cm³/mol. The lowest BCUT2D eigenvalue weighted by molar-refractivity contribution is -0.163. The molecule has 4 atom stereocenters. The second-order valence-corrected chi connectivity index (χ2v) is 10.9. The van der Waals surface area contributed by atoms with Crippen LogP contribution in [0.15, 0.2) is 24.0 Å². The summed E-state index contributed by atoms with van der Waals surface area (Å²) in [6.45, 7) is 5.79. The normalized spacial score (nSPS) is 31.9. The topological polar surface area (TPSA) is 97.5 Å². The van der Waals surface area contributed by atoms with E-state index in [0.717, 1.165) is 18.5 Å². The van der Waals surface area contributed by atoms with Crippen molar-refractivity contribution in [3.63, 3.8) is 0 Å². The molecule has 5 rings (SSSR count). The van der Waals surface area contributed by atoms with Gasteiger partial charge in [-0.15, -0.1) is 0 Å². The minimum absolute atomic E-state index is 0.0364. The van der Waals surface area contributed by atoms with E-state index < -0.39 is 23.2 Å². The Morgan fingerprint density at radius 2 is 2.18 bits per heavy atom. The number of likely N-dealkylation sites (tertiary alicyclic amines) is 1. The zero-order valence-corrected chi connectivity index (χ0v) is 20.2. The van der Waals surface area contributed by atoms with Crippen molar-refractivity contribution in [2.45, 2.75) is 56.3 Å². The lowest BCUT2D eigenvalue weighted by atomic mass is 9.50. The molecule has 2 bridgehead atoms. The van der Waals surface area contributed by atoms with E-state index in [2.05, 4.69) is 18.0 Å². The second-order valence-electron chi connectivity index (χ2n) is 10.9. The van der Waals surface area contributed by atoms with Crippen LogP contribution in [0.2, 0.25) is 0 Å². The summed E-state index contributed by atoms with van der Waals surface area (Å²) in [5, 5.41) is 12.2. The van der Waals surface area contributed by atoms with Crippen LogP contribution in [0.3, 0.4) is 0 Å². The van der Waals surface area contributed by atoms with Gasteiger partial charge in [-0.05, 0) is 56.1 Å². The van der Waals surface area contributed by atoms with Crippen LogP contribution in [0.4, 0.5) is 4.79 Å². The third-order valence-corrected chi connectivity index (χ3v) is 8.29. The Balaban J connectivity index is 1.55. The highest BCUT2D eigenvalue weighted by atomic mass is 16.6. The molecule has 3 N–H and O–H groups in total. The Labute approximate surface area is 195 Å². The molecule has 180 valence electrons. The van der Waals surface area contributed by atoms with Crippen LogP contribution in [-0.2, 0) is 16.6 Å². The van der Waals surface area contributed by atoms with Crippen molar-refractivity contribution in [2.75, 3.05) is 40.8 Å². The van der Waals surface area contributed by atoms with E-state index in [0.29, 0.717) is 43.2 Å². The first-order valence-electron chi connectivity index (χ1n) is 11.7. The Hall–Kier alpha value is -2.29. The summed E-state index contributed by atoms with van der Waals surface area (Å²) < 4.78 is 18.1. The van der Waals surface area contributed by atoms with Gasteiger partial charge in [-0.3, -0.25) is 0 Å². The van der Waals surface area contributed by atoms with Crippen molar-refractivity contribution < 1.29 is 24.1 Å². The van der Waals surface area contributed by atoms with Gasteiger partial charge in [0.1, 0.15) is 5.76 Å². The van der Waals surface area contributed by atoms with Crippen molar-refractivity contribution in [2.24, 2.45) is 11.1 Å². The molecule has 1 spiro atoms. The van der Waals surface area contributed by atoms with Crippen LogP contribution in [-0.4, -0.2) is 79.6 Å². The Morgan fingerprint density at radius 1 is 1.42 bits per heavy atom. The molecule has 2 aliphatic carbocycles. The van der Waals surface area contributed by atoms with E-state index in [9.17, 15) is 9.90 Å². The maximum atomic E-state index is 13.0. The molecule has 1 saturated heterocycles. The fraction of sp³-hybridized carbons (Fsp3) is 0.640. The Morgan fingerprint density at radius 3 is 2.88 bits per heavy atom. The third-order valence-electron chi connectivity index (χ3n) is 8.29. The molecule has 1 aromatic rings. The van der Waals surface area contributed by atoms with Gasteiger partial charge in [0.25, 0.3) is 0 Å². The molecule has 1 amide bonds. The molecule has 0 radical (unpaired) electrons. The number of ether oxygens (including phenoxy) is 3. The minimum atomic E-state index is -1.02. The summed E-state index contributed by atoms with van der Waals surface area (Å²) in [6, 6.07) is 3.98. The highest BCUT2D eigenvalue weighted by Gasteiger charge is 2.72. The molecule has 2 heterocycles. The van der Waals surface area contributed by atoms with Gasteiger partial charge in [-0.1, -0.05) is 19.9 Å². The Bertz CT molecular complexity index is 1020. The molecule has 0 saturated carbocycles. The first-order valence-corrected chi connectivity index (χ1v) is 11.7. The highest BCUT2D eigenvalue weighted by molar-refractivity contribution is 5.70. The van der Waals surface area contributed by atoms with Crippen LogP contribution in [0.1, 0.15) is 37.8 Å². The van der Waals surface area contributed by atoms with Gasteiger partial charge in [-0.2, -0.15) is 0 Å². The number of likely N-dealkylation sites (N-methyl/N-ethyl adjacent to an activating group) is 1. The first kappa shape index (κ1) is 22.5. The van der Waals surface area contributed by atoms with Gasteiger partial charge in [0, 0.05) is 31.6 Å². The lowest BCUT2D eigenvalue weighted by Crippen LogP contribution is -2.74. The van der Waals surface area contributed by atoms with E-state index in [1.165, 1.54) is 5.56 Å². The summed E-state index contributed by atoms with van der Waals surface area (Å²) in [5.41, 5.74) is 6.13. The molecule has 2 aliphatic heterocycles. The van der Waals surface area contributed by atoms with E-state index in [1.54, 1.807) is 19.1 Å². The molecule has 4 aliphatic rings. The Kier molecular flexibility index (Phi) is 5.01. The highest BCUT2D eigenvalue weighted by Crippen LogP contribution is 2.65. The molecule has 33 heavy (non-hydrogen) atoms. The number of carbonyl (C=O) groups is 1. The number of aliphatic hydroxyl groups is 1. The number of benzene rings is 1. The minimum Gasteiger partial charge on any atom is -0.493 e. The quantitative estimate of drug-likeness (QED) is 0.698. The number of amides is 1. The van der Waals surface area contributed by atoms with Gasteiger partial charge in [0.2, 0.25) is 0 Å². The van der Waals surface area contributed by atoms with Crippen LogP contribution in [0.5, 0.6) is 11.5 Å². The van der Waals surface area contributed by atoms with Gasteiger partial charge >= 0.3 is 6.09 Å². The van der Waals surface area contributed by atoms with E-state index >= 15 is 0 Å². The summed E-state index contributed by atoms with van der Waals surface area (Å²) in [7, 11) is 5.41. The predicted octanol–water partition coefficient (Wildman–Crippen LogP) is 2.03. The largest absolute Gasteiger partial charge is 0.493 e.